The van der Waals surface area contributed by atoms with Gasteiger partial charge in [0.25, 0.3) is 5.91 Å². The van der Waals surface area contributed by atoms with Crippen LogP contribution in [-0.4, -0.2) is 44.0 Å². The molecule has 1 saturated heterocycles. The van der Waals surface area contributed by atoms with Crippen LogP contribution < -0.4 is 14.8 Å². The fourth-order valence-electron chi connectivity index (χ4n) is 3.14. The number of rotatable bonds is 7. The van der Waals surface area contributed by atoms with E-state index >= 15 is 0 Å². The lowest BCUT2D eigenvalue weighted by Crippen LogP contribution is -2.30. The van der Waals surface area contributed by atoms with Gasteiger partial charge in [0.1, 0.15) is 0 Å². The van der Waals surface area contributed by atoms with Gasteiger partial charge in [0.05, 0.1) is 25.5 Å². The third-order valence-electron chi connectivity index (χ3n) is 4.76. The van der Waals surface area contributed by atoms with Gasteiger partial charge in [-0.2, -0.15) is 0 Å². The second kappa shape index (κ2) is 8.74. The van der Waals surface area contributed by atoms with Crippen molar-refractivity contribution in [3.63, 3.8) is 0 Å². The van der Waals surface area contributed by atoms with Crippen LogP contribution in [0.4, 0.5) is 5.69 Å². The zero-order chi connectivity index (χ0) is 18.4. The second-order valence-electron chi connectivity index (χ2n) is 6.25. The molecule has 2 rings (SSSR count). The minimum atomic E-state index is -0.0849. The number of hydrogen-bond acceptors (Lipinski definition) is 4. The Bertz CT molecular complexity index is 620. The van der Waals surface area contributed by atoms with Gasteiger partial charge in [-0.1, -0.05) is 13.8 Å². The number of methoxy groups -OCH3 is 2. The second-order valence-corrected chi connectivity index (χ2v) is 6.25. The highest BCUT2D eigenvalue weighted by molar-refractivity contribution is 6.05. The summed E-state index contributed by atoms with van der Waals surface area (Å²) in [7, 11) is 3.07. The summed E-state index contributed by atoms with van der Waals surface area (Å²) in [5.41, 5.74) is 0.922. The largest absolute Gasteiger partial charge is 0.493 e. The molecule has 1 aromatic carbocycles. The number of amides is 2. The van der Waals surface area contributed by atoms with Gasteiger partial charge in [-0.05, 0) is 31.7 Å². The molecular formula is C19H28N2O4. The van der Waals surface area contributed by atoms with Crippen LogP contribution >= 0.6 is 0 Å². The average molecular weight is 348 g/mol. The summed E-state index contributed by atoms with van der Waals surface area (Å²) < 4.78 is 10.7. The predicted molar refractivity (Wildman–Crippen MR) is 97.4 cm³/mol. The molecule has 138 valence electrons. The van der Waals surface area contributed by atoms with Crippen molar-refractivity contribution in [2.45, 2.75) is 39.5 Å². The standard InChI is InChI=1S/C19H28N2O4/c1-5-13(6-2)18(22)20-15-12-17(25-4)16(24-3)11-14(15)19(23)21-9-7-8-10-21/h11-13H,5-10H2,1-4H3,(H,20,22). The molecule has 1 aliphatic rings. The summed E-state index contributed by atoms with van der Waals surface area (Å²) in [4.78, 5) is 27.2. The first-order chi connectivity index (χ1) is 12.0. The first-order valence-corrected chi connectivity index (χ1v) is 8.91. The molecule has 6 nitrogen and oxygen atoms in total. The third-order valence-corrected chi connectivity index (χ3v) is 4.76. The normalized spacial score (nSPS) is 13.9. The lowest BCUT2D eigenvalue weighted by molar-refractivity contribution is -0.120. The molecule has 1 heterocycles. The monoisotopic (exact) mass is 348 g/mol. The molecular weight excluding hydrogens is 320 g/mol. The van der Waals surface area contributed by atoms with Crippen LogP contribution in [-0.2, 0) is 4.79 Å². The van der Waals surface area contributed by atoms with E-state index in [0.29, 0.717) is 22.7 Å². The van der Waals surface area contributed by atoms with Crippen molar-refractivity contribution in [2.75, 3.05) is 32.6 Å². The fourth-order valence-corrected chi connectivity index (χ4v) is 3.14. The fraction of sp³-hybridized carbons (Fsp3) is 0.579. The first-order valence-electron chi connectivity index (χ1n) is 8.91. The molecule has 0 radical (unpaired) electrons. The summed E-state index contributed by atoms with van der Waals surface area (Å²) in [5.74, 6) is 0.722. The van der Waals surface area contributed by atoms with Gasteiger partial charge in [-0.25, -0.2) is 0 Å². The van der Waals surface area contributed by atoms with Gasteiger partial charge >= 0.3 is 0 Å². The van der Waals surface area contributed by atoms with Gasteiger partial charge in [-0.15, -0.1) is 0 Å². The van der Waals surface area contributed by atoms with Crippen LogP contribution in [0.5, 0.6) is 11.5 Å². The quantitative estimate of drug-likeness (QED) is 0.821. The first kappa shape index (κ1) is 19.1. The van der Waals surface area contributed by atoms with E-state index in [1.807, 2.05) is 18.7 Å². The maximum atomic E-state index is 12.9. The van der Waals surface area contributed by atoms with E-state index in [-0.39, 0.29) is 17.7 Å². The van der Waals surface area contributed by atoms with Crippen molar-refractivity contribution < 1.29 is 19.1 Å². The molecule has 0 aliphatic carbocycles. The average Bonchev–Trinajstić information content (AvgIpc) is 3.16. The number of nitrogens with one attached hydrogen (secondary N) is 1. The van der Waals surface area contributed by atoms with Crippen molar-refractivity contribution in [1.82, 2.24) is 4.90 Å². The number of hydrogen-bond donors (Lipinski definition) is 1. The molecule has 0 spiro atoms. The topological polar surface area (TPSA) is 67.9 Å². The highest BCUT2D eigenvalue weighted by Gasteiger charge is 2.26. The van der Waals surface area contributed by atoms with Crippen molar-refractivity contribution >= 4 is 17.5 Å². The Labute approximate surface area is 149 Å². The van der Waals surface area contributed by atoms with E-state index in [1.54, 1.807) is 12.1 Å². The van der Waals surface area contributed by atoms with E-state index in [9.17, 15) is 9.59 Å². The van der Waals surface area contributed by atoms with Crippen LogP contribution in [0.1, 0.15) is 49.9 Å². The molecule has 0 saturated carbocycles. The lowest BCUT2D eigenvalue weighted by Gasteiger charge is -2.21. The molecule has 0 aromatic heterocycles. The maximum Gasteiger partial charge on any atom is 0.256 e. The molecule has 1 aromatic rings. The van der Waals surface area contributed by atoms with Crippen molar-refractivity contribution in [3.8, 4) is 11.5 Å². The lowest BCUT2D eigenvalue weighted by atomic mass is 10.0. The highest BCUT2D eigenvalue weighted by Crippen LogP contribution is 2.35. The number of carbonyl (C=O) groups excluding carboxylic acids is 2. The smallest absolute Gasteiger partial charge is 0.256 e. The van der Waals surface area contributed by atoms with Gasteiger partial charge < -0.3 is 19.7 Å². The summed E-state index contributed by atoms with van der Waals surface area (Å²) >= 11 is 0. The number of carbonyl (C=O) groups is 2. The van der Waals surface area contributed by atoms with Crippen molar-refractivity contribution in [2.24, 2.45) is 5.92 Å². The van der Waals surface area contributed by atoms with Crippen LogP contribution in [0.25, 0.3) is 0 Å². The minimum Gasteiger partial charge on any atom is -0.493 e. The summed E-state index contributed by atoms with van der Waals surface area (Å²) in [6.07, 6.45) is 3.53. The number of benzene rings is 1. The molecule has 1 N–H and O–H groups in total. The van der Waals surface area contributed by atoms with E-state index in [4.69, 9.17) is 9.47 Å². The van der Waals surface area contributed by atoms with E-state index < -0.39 is 0 Å². The number of ether oxygens (including phenoxy) is 2. The van der Waals surface area contributed by atoms with Crippen LogP contribution in [0.3, 0.4) is 0 Å². The van der Waals surface area contributed by atoms with Crippen molar-refractivity contribution in [3.05, 3.63) is 17.7 Å². The van der Waals surface area contributed by atoms with Crippen LogP contribution in [0.2, 0.25) is 0 Å². The van der Waals surface area contributed by atoms with Gasteiger partial charge in [0.2, 0.25) is 5.91 Å². The van der Waals surface area contributed by atoms with Gasteiger partial charge in [0.15, 0.2) is 11.5 Å². The van der Waals surface area contributed by atoms with Crippen LogP contribution in [0.15, 0.2) is 12.1 Å². The zero-order valence-electron chi connectivity index (χ0n) is 15.6. The minimum absolute atomic E-state index is 0.0762. The molecule has 1 aliphatic heterocycles. The summed E-state index contributed by atoms with van der Waals surface area (Å²) in [6.45, 7) is 5.46. The maximum absolute atomic E-state index is 12.9. The third kappa shape index (κ3) is 4.24. The Balaban J connectivity index is 2.40. The van der Waals surface area contributed by atoms with E-state index in [2.05, 4.69) is 5.32 Å². The molecule has 25 heavy (non-hydrogen) atoms. The molecule has 1 fully saturated rings. The van der Waals surface area contributed by atoms with Gasteiger partial charge in [-0.3, -0.25) is 9.59 Å². The Morgan fingerprint density at radius 2 is 1.64 bits per heavy atom. The highest BCUT2D eigenvalue weighted by atomic mass is 16.5. The molecule has 0 atom stereocenters. The number of likely N-dealkylation sites (tertiary alicyclic amines) is 1. The van der Waals surface area contributed by atoms with E-state index in [1.165, 1.54) is 14.2 Å². The van der Waals surface area contributed by atoms with E-state index in [0.717, 1.165) is 38.8 Å². The molecule has 0 unspecified atom stereocenters. The zero-order valence-corrected chi connectivity index (χ0v) is 15.6. The predicted octanol–water partition coefficient (Wildman–Crippen LogP) is 3.31. The molecule has 6 heteroatoms. The summed E-state index contributed by atoms with van der Waals surface area (Å²) in [6, 6.07) is 3.32. The molecule has 0 bridgehead atoms. The Kier molecular flexibility index (Phi) is 6.67. The van der Waals surface area contributed by atoms with Gasteiger partial charge in [0, 0.05) is 25.1 Å². The van der Waals surface area contributed by atoms with Crippen LogP contribution in [0, 0.1) is 5.92 Å². The SMILES string of the molecule is CCC(CC)C(=O)Nc1cc(OC)c(OC)cc1C(=O)N1CCCC1. The molecule has 2 amide bonds. The summed E-state index contributed by atoms with van der Waals surface area (Å²) in [5, 5.41) is 2.92. The Hall–Kier alpha value is -2.24. The Morgan fingerprint density at radius 1 is 1.08 bits per heavy atom. The number of nitrogens with zero attached hydrogens (tertiary/aromatic N) is 1. The van der Waals surface area contributed by atoms with Crippen molar-refractivity contribution in [1.29, 1.82) is 0 Å². The number of anilines is 1. The Morgan fingerprint density at radius 3 is 2.16 bits per heavy atom.